The van der Waals surface area contributed by atoms with Gasteiger partial charge in [-0.2, -0.15) is 4.52 Å². The summed E-state index contributed by atoms with van der Waals surface area (Å²) in [6, 6.07) is 12.1. The summed E-state index contributed by atoms with van der Waals surface area (Å²) in [7, 11) is 0. The van der Waals surface area contributed by atoms with Gasteiger partial charge in [0.2, 0.25) is 5.91 Å². The average molecular weight is 406 g/mol. The van der Waals surface area contributed by atoms with E-state index in [0.717, 1.165) is 62.7 Å². The molecule has 2 aromatic heterocycles. The van der Waals surface area contributed by atoms with Crippen molar-refractivity contribution >= 4 is 23.1 Å². The van der Waals surface area contributed by atoms with Crippen molar-refractivity contribution in [3.8, 4) is 0 Å². The molecular weight excluding hydrogens is 378 g/mol. The normalized spacial score (nSPS) is 18.2. The van der Waals surface area contributed by atoms with Crippen molar-refractivity contribution < 1.29 is 4.79 Å². The molecule has 2 saturated heterocycles. The van der Waals surface area contributed by atoms with Crippen LogP contribution < -0.4 is 10.2 Å². The van der Waals surface area contributed by atoms with Crippen molar-refractivity contribution in [2.75, 3.05) is 36.4 Å². The molecule has 1 N–H and O–H groups in total. The number of hydrogen-bond donors (Lipinski definition) is 1. The maximum atomic E-state index is 13.0. The molecule has 4 heterocycles. The van der Waals surface area contributed by atoms with E-state index in [4.69, 9.17) is 0 Å². The SMILES string of the molecule is O=C(Nc1ccccc1CN1CCCC1)C1CCN(c2ccc3nncn3n2)CC1. The fourth-order valence-corrected chi connectivity index (χ4v) is 4.45. The lowest BCUT2D eigenvalue weighted by atomic mass is 9.95. The Morgan fingerprint density at radius 1 is 1.03 bits per heavy atom. The van der Waals surface area contributed by atoms with E-state index in [1.807, 2.05) is 24.3 Å². The standard InChI is InChI=1S/C22H27N7O/c30-22(24-19-6-2-1-5-18(19)15-27-11-3-4-12-27)17-9-13-28(14-10-17)21-8-7-20-25-23-16-29(20)26-21/h1-2,5-8,16-17H,3-4,9-15H2,(H,24,30). The maximum Gasteiger partial charge on any atom is 0.227 e. The predicted octanol–water partition coefficient (Wildman–Crippen LogP) is 2.58. The predicted molar refractivity (Wildman–Crippen MR) is 115 cm³/mol. The number of benzene rings is 1. The van der Waals surface area contributed by atoms with Gasteiger partial charge >= 0.3 is 0 Å². The van der Waals surface area contributed by atoms with Gasteiger partial charge in [0.25, 0.3) is 0 Å². The van der Waals surface area contributed by atoms with Crippen molar-refractivity contribution in [2.45, 2.75) is 32.2 Å². The summed E-state index contributed by atoms with van der Waals surface area (Å²) in [5.41, 5.74) is 2.90. The first kappa shape index (κ1) is 19.0. The Balaban J connectivity index is 1.20. The van der Waals surface area contributed by atoms with Crippen LogP contribution in [0.3, 0.4) is 0 Å². The van der Waals surface area contributed by atoms with Gasteiger partial charge in [0.1, 0.15) is 12.1 Å². The molecule has 0 saturated carbocycles. The Morgan fingerprint density at radius 2 is 1.83 bits per heavy atom. The molecule has 156 valence electrons. The highest BCUT2D eigenvalue weighted by atomic mass is 16.1. The molecule has 8 nitrogen and oxygen atoms in total. The summed E-state index contributed by atoms with van der Waals surface area (Å²) in [6.07, 6.45) is 5.79. The number of piperidine rings is 1. The first-order valence-corrected chi connectivity index (χ1v) is 10.8. The van der Waals surface area contributed by atoms with Crippen LogP contribution in [0.15, 0.2) is 42.7 Å². The van der Waals surface area contributed by atoms with Gasteiger partial charge in [-0.1, -0.05) is 18.2 Å². The Bertz CT molecular complexity index is 1020. The topological polar surface area (TPSA) is 78.7 Å². The number of aromatic nitrogens is 4. The maximum absolute atomic E-state index is 13.0. The molecule has 0 unspecified atom stereocenters. The van der Waals surface area contributed by atoms with Gasteiger partial charge in [-0.05, 0) is 62.5 Å². The molecule has 0 radical (unpaired) electrons. The molecular formula is C22H27N7O. The van der Waals surface area contributed by atoms with Gasteiger partial charge in [-0.15, -0.1) is 15.3 Å². The van der Waals surface area contributed by atoms with E-state index in [1.165, 1.54) is 18.4 Å². The summed E-state index contributed by atoms with van der Waals surface area (Å²) >= 11 is 0. The number of anilines is 2. The van der Waals surface area contributed by atoms with E-state index in [2.05, 4.69) is 42.5 Å². The van der Waals surface area contributed by atoms with Gasteiger partial charge in [0.15, 0.2) is 5.65 Å². The summed E-state index contributed by atoms with van der Waals surface area (Å²) in [4.78, 5) is 17.6. The second kappa shape index (κ2) is 8.39. The molecule has 0 spiro atoms. The van der Waals surface area contributed by atoms with Crippen LogP contribution in [0.25, 0.3) is 5.65 Å². The molecule has 1 aromatic carbocycles. The Kier molecular flexibility index (Phi) is 5.31. The van der Waals surface area contributed by atoms with Crippen LogP contribution in [0.4, 0.5) is 11.5 Å². The summed E-state index contributed by atoms with van der Waals surface area (Å²) < 4.78 is 1.69. The lowest BCUT2D eigenvalue weighted by molar-refractivity contribution is -0.120. The average Bonchev–Trinajstić information content (AvgIpc) is 3.46. The molecule has 0 aliphatic carbocycles. The first-order valence-electron chi connectivity index (χ1n) is 10.8. The minimum atomic E-state index is 0.0275. The molecule has 2 aliphatic rings. The fraction of sp³-hybridized carbons (Fsp3) is 0.455. The molecule has 5 rings (SSSR count). The van der Waals surface area contributed by atoms with E-state index in [9.17, 15) is 4.79 Å². The number of rotatable bonds is 5. The van der Waals surface area contributed by atoms with E-state index in [-0.39, 0.29) is 11.8 Å². The minimum Gasteiger partial charge on any atom is -0.355 e. The quantitative estimate of drug-likeness (QED) is 0.703. The zero-order chi connectivity index (χ0) is 20.3. The lowest BCUT2D eigenvalue weighted by Gasteiger charge is -2.32. The van der Waals surface area contributed by atoms with Crippen LogP contribution in [-0.2, 0) is 11.3 Å². The number of amides is 1. The van der Waals surface area contributed by atoms with Gasteiger partial charge in [-0.25, -0.2) is 0 Å². The van der Waals surface area contributed by atoms with E-state index in [0.29, 0.717) is 0 Å². The van der Waals surface area contributed by atoms with Crippen molar-refractivity contribution in [1.29, 1.82) is 0 Å². The second-order valence-corrected chi connectivity index (χ2v) is 8.22. The van der Waals surface area contributed by atoms with Crippen LogP contribution in [0.2, 0.25) is 0 Å². The first-order chi connectivity index (χ1) is 14.8. The molecule has 0 atom stereocenters. The van der Waals surface area contributed by atoms with Crippen LogP contribution in [0, 0.1) is 5.92 Å². The van der Waals surface area contributed by atoms with Crippen molar-refractivity contribution in [3.63, 3.8) is 0 Å². The number of para-hydroxylation sites is 1. The Hall–Kier alpha value is -3.00. The number of carbonyl (C=O) groups is 1. The number of nitrogens with one attached hydrogen (secondary N) is 1. The molecule has 8 heteroatoms. The molecule has 30 heavy (non-hydrogen) atoms. The van der Waals surface area contributed by atoms with E-state index in [1.54, 1.807) is 10.8 Å². The third-order valence-corrected chi connectivity index (χ3v) is 6.21. The molecule has 0 bridgehead atoms. The highest BCUT2D eigenvalue weighted by Gasteiger charge is 2.26. The smallest absolute Gasteiger partial charge is 0.227 e. The van der Waals surface area contributed by atoms with Gasteiger partial charge in [0, 0.05) is 31.2 Å². The zero-order valence-corrected chi connectivity index (χ0v) is 17.1. The Morgan fingerprint density at radius 3 is 2.67 bits per heavy atom. The van der Waals surface area contributed by atoms with Gasteiger partial charge < -0.3 is 10.2 Å². The molecule has 1 amide bonds. The van der Waals surface area contributed by atoms with Crippen molar-refractivity contribution in [1.82, 2.24) is 24.7 Å². The summed E-state index contributed by atoms with van der Waals surface area (Å²) in [5.74, 6) is 1.06. The third kappa shape index (κ3) is 4.00. The summed E-state index contributed by atoms with van der Waals surface area (Å²) in [5, 5.41) is 15.7. The molecule has 3 aromatic rings. The molecule has 2 fully saturated rings. The lowest BCUT2D eigenvalue weighted by Crippen LogP contribution is -2.38. The minimum absolute atomic E-state index is 0.0275. The van der Waals surface area contributed by atoms with Crippen LogP contribution >= 0.6 is 0 Å². The zero-order valence-electron chi connectivity index (χ0n) is 17.1. The largest absolute Gasteiger partial charge is 0.355 e. The second-order valence-electron chi connectivity index (χ2n) is 8.22. The van der Waals surface area contributed by atoms with Gasteiger partial charge in [0.05, 0.1) is 0 Å². The number of nitrogens with zero attached hydrogens (tertiary/aromatic N) is 6. The van der Waals surface area contributed by atoms with Crippen LogP contribution in [-0.4, -0.2) is 56.8 Å². The fourth-order valence-electron chi connectivity index (χ4n) is 4.45. The number of carbonyl (C=O) groups excluding carboxylic acids is 1. The monoisotopic (exact) mass is 405 g/mol. The van der Waals surface area contributed by atoms with E-state index >= 15 is 0 Å². The van der Waals surface area contributed by atoms with Crippen molar-refractivity contribution in [2.24, 2.45) is 5.92 Å². The summed E-state index contributed by atoms with van der Waals surface area (Å²) in [6.45, 7) is 4.83. The molecule has 2 aliphatic heterocycles. The number of hydrogen-bond acceptors (Lipinski definition) is 6. The van der Waals surface area contributed by atoms with E-state index < -0.39 is 0 Å². The highest BCUT2D eigenvalue weighted by molar-refractivity contribution is 5.93. The van der Waals surface area contributed by atoms with Crippen LogP contribution in [0.5, 0.6) is 0 Å². The van der Waals surface area contributed by atoms with Gasteiger partial charge in [-0.3, -0.25) is 9.69 Å². The Labute approximate surface area is 175 Å². The highest BCUT2D eigenvalue weighted by Crippen LogP contribution is 2.25. The van der Waals surface area contributed by atoms with Crippen molar-refractivity contribution in [3.05, 3.63) is 48.3 Å². The van der Waals surface area contributed by atoms with Crippen LogP contribution in [0.1, 0.15) is 31.2 Å². The number of likely N-dealkylation sites (tertiary alicyclic amines) is 1. The number of fused-ring (bicyclic) bond motifs is 1. The third-order valence-electron chi connectivity index (χ3n) is 6.21.